The molecule has 1 amide bonds. The monoisotopic (exact) mass is 462 g/mol. The van der Waals surface area contributed by atoms with E-state index in [0.717, 1.165) is 0 Å². The SMILES string of the molecule is COc1ccc(C(=O)N[C@H]2C[C@@H](c3nc(-c4ccc(OC(F)(F)F)cc4)no3)N(C)C2)cc1. The number of likely N-dealkylation sites (tertiary alicyclic amines) is 1. The summed E-state index contributed by atoms with van der Waals surface area (Å²) in [6.07, 6.45) is -4.19. The molecule has 8 nitrogen and oxygen atoms in total. The molecule has 1 aliphatic heterocycles. The molecule has 0 aliphatic carbocycles. The first kappa shape index (κ1) is 22.6. The van der Waals surface area contributed by atoms with E-state index in [4.69, 9.17) is 9.26 Å². The van der Waals surface area contributed by atoms with Crippen LogP contribution in [-0.4, -0.2) is 54.1 Å². The van der Waals surface area contributed by atoms with E-state index in [1.54, 1.807) is 31.4 Å². The molecule has 0 unspecified atom stereocenters. The van der Waals surface area contributed by atoms with Gasteiger partial charge < -0.3 is 19.3 Å². The zero-order valence-electron chi connectivity index (χ0n) is 17.8. The van der Waals surface area contributed by atoms with Crippen molar-refractivity contribution in [3.8, 4) is 22.9 Å². The molecule has 1 fully saturated rings. The first-order valence-electron chi connectivity index (χ1n) is 10.1. The van der Waals surface area contributed by atoms with E-state index in [1.165, 1.54) is 24.3 Å². The third-order valence-corrected chi connectivity index (χ3v) is 5.31. The summed E-state index contributed by atoms with van der Waals surface area (Å²) in [4.78, 5) is 18.9. The van der Waals surface area contributed by atoms with Crippen molar-refractivity contribution in [1.82, 2.24) is 20.4 Å². The maximum absolute atomic E-state index is 12.6. The van der Waals surface area contributed by atoms with Crippen LogP contribution in [0.25, 0.3) is 11.4 Å². The van der Waals surface area contributed by atoms with Gasteiger partial charge in [0.15, 0.2) is 0 Å². The van der Waals surface area contributed by atoms with Gasteiger partial charge in [-0.2, -0.15) is 4.98 Å². The van der Waals surface area contributed by atoms with Crippen LogP contribution in [0.1, 0.15) is 28.7 Å². The molecule has 11 heteroatoms. The van der Waals surface area contributed by atoms with E-state index in [1.807, 2.05) is 11.9 Å². The Hall–Kier alpha value is -3.60. The van der Waals surface area contributed by atoms with Gasteiger partial charge in [-0.15, -0.1) is 13.2 Å². The van der Waals surface area contributed by atoms with Crippen molar-refractivity contribution >= 4 is 5.91 Å². The molecule has 0 saturated carbocycles. The number of likely N-dealkylation sites (N-methyl/N-ethyl adjacent to an activating group) is 1. The molecule has 33 heavy (non-hydrogen) atoms. The molecule has 3 aromatic rings. The average molecular weight is 462 g/mol. The molecule has 0 spiro atoms. The van der Waals surface area contributed by atoms with Gasteiger partial charge in [-0.3, -0.25) is 9.69 Å². The van der Waals surface area contributed by atoms with E-state index in [-0.39, 0.29) is 29.6 Å². The standard InChI is InChI=1S/C22H21F3N4O4/c1-29-12-15(26-20(30)14-5-7-16(31-2)8-6-14)11-18(29)21-27-19(28-33-21)13-3-9-17(10-4-13)32-22(23,24)25/h3-10,15,18H,11-12H2,1-2H3,(H,26,30)/t15-,18-/m0/s1. The summed E-state index contributed by atoms with van der Waals surface area (Å²) in [5, 5.41) is 6.95. The van der Waals surface area contributed by atoms with E-state index in [9.17, 15) is 18.0 Å². The maximum Gasteiger partial charge on any atom is 0.573 e. The lowest BCUT2D eigenvalue weighted by Crippen LogP contribution is -2.36. The second-order valence-electron chi connectivity index (χ2n) is 7.62. The lowest BCUT2D eigenvalue weighted by Gasteiger charge is -2.14. The number of methoxy groups -OCH3 is 1. The Morgan fingerprint density at radius 2 is 1.79 bits per heavy atom. The summed E-state index contributed by atoms with van der Waals surface area (Å²) < 4.78 is 51.3. The van der Waals surface area contributed by atoms with Crippen molar-refractivity contribution in [2.24, 2.45) is 0 Å². The fraction of sp³-hybridized carbons (Fsp3) is 0.318. The first-order chi connectivity index (χ1) is 15.7. The predicted octanol–water partition coefficient (Wildman–Crippen LogP) is 3.82. The van der Waals surface area contributed by atoms with Crippen molar-refractivity contribution in [2.75, 3.05) is 20.7 Å². The summed E-state index contributed by atoms with van der Waals surface area (Å²) in [6, 6.07) is 11.7. The number of halogens is 3. The highest BCUT2D eigenvalue weighted by atomic mass is 19.4. The summed E-state index contributed by atoms with van der Waals surface area (Å²) in [7, 11) is 3.45. The average Bonchev–Trinajstić information content (AvgIpc) is 3.40. The van der Waals surface area contributed by atoms with E-state index < -0.39 is 6.36 Å². The number of benzene rings is 2. The summed E-state index contributed by atoms with van der Waals surface area (Å²) in [5.41, 5.74) is 1.02. The second-order valence-corrected chi connectivity index (χ2v) is 7.62. The first-order valence-corrected chi connectivity index (χ1v) is 10.1. The van der Waals surface area contributed by atoms with E-state index >= 15 is 0 Å². The molecule has 2 atom stereocenters. The smallest absolute Gasteiger partial charge is 0.497 e. The number of carbonyl (C=O) groups is 1. The Bertz CT molecular complexity index is 1100. The number of hydrogen-bond donors (Lipinski definition) is 1. The Morgan fingerprint density at radius 1 is 1.12 bits per heavy atom. The molecule has 4 rings (SSSR count). The molecule has 1 aliphatic rings. The molecule has 0 radical (unpaired) electrons. The highest BCUT2D eigenvalue weighted by Gasteiger charge is 2.35. The number of amides is 1. The van der Waals surface area contributed by atoms with Crippen LogP contribution in [0, 0.1) is 0 Å². The number of rotatable bonds is 6. The van der Waals surface area contributed by atoms with Crippen LogP contribution in [0.2, 0.25) is 0 Å². The molecule has 174 valence electrons. The zero-order chi connectivity index (χ0) is 23.6. The summed E-state index contributed by atoms with van der Waals surface area (Å²) in [5.74, 6) is 0.763. The van der Waals surface area contributed by atoms with Crippen molar-refractivity contribution in [2.45, 2.75) is 24.9 Å². The third-order valence-electron chi connectivity index (χ3n) is 5.31. The van der Waals surface area contributed by atoms with Crippen molar-refractivity contribution in [3.63, 3.8) is 0 Å². The van der Waals surface area contributed by atoms with Crippen LogP contribution in [0.4, 0.5) is 13.2 Å². The Balaban J connectivity index is 1.39. The Morgan fingerprint density at radius 3 is 2.42 bits per heavy atom. The number of carbonyl (C=O) groups excluding carboxylic acids is 1. The van der Waals surface area contributed by atoms with Crippen LogP contribution in [0.15, 0.2) is 53.1 Å². The number of hydrogen-bond acceptors (Lipinski definition) is 7. The predicted molar refractivity (Wildman–Crippen MR) is 111 cm³/mol. The normalized spacial score (nSPS) is 18.8. The Kier molecular flexibility index (Phi) is 6.23. The molecule has 1 saturated heterocycles. The number of nitrogens with zero attached hydrogens (tertiary/aromatic N) is 3. The second kappa shape index (κ2) is 9.10. The minimum atomic E-state index is -4.76. The topological polar surface area (TPSA) is 89.7 Å². The lowest BCUT2D eigenvalue weighted by atomic mass is 10.1. The highest BCUT2D eigenvalue weighted by molar-refractivity contribution is 5.94. The van der Waals surface area contributed by atoms with Gasteiger partial charge >= 0.3 is 6.36 Å². The quantitative estimate of drug-likeness (QED) is 0.596. The van der Waals surface area contributed by atoms with Crippen LogP contribution in [-0.2, 0) is 0 Å². The number of nitrogens with one attached hydrogen (secondary N) is 1. The van der Waals surface area contributed by atoms with Gasteiger partial charge in [-0.1, -0.05) is 5.16 Å². The van der Waals surface area contributed by atoms with Gasteiger partial charge in [-0.05, 0) is 62.0 Å². The van der Waals surface area contributed by atoms with Gasteiger partial charge in [0, 0.05) is 23.7 Å². The zero-order valence-corrected chi connectivity index (χ0v) is 17.8. The van der Waals surface area contributed by atoms with Gasteiger partial charge in [0.25, 0.3) is 5.91 Å². The highest BCUT2D eigenvalue weighted by Crippen LogP contribution is 2.32. The number of alkyl halides is 3. The molecular formula is C22H21F3N4O4. The minimum Gasteiger partial charge on any atom is -0.497 e. The van der Waals surface area contributed by atoms with Gasteiger partial charge in [0.1, 0.15) is 11.5 Å². The van der Waals surface area contributed by atoms with Crippen LogP contribution < -0.4 is 14.8 Å². The summed E-state index contributed by atoms with van der Waals surface area (Å²) in [6.45, 7) is 0.591. The molecule has 0 bridgehead atoms. The third kappa shape index (κ3) is 5.43. The number of ether oxygens (including phenoxy) is 2. The molecule has 2 aromatic carbocycles. The van der Waals surface area contributed by atoms with E-state index in [0.29, 0.717) is 35.7 Å². The lowest BCUT2D eigenvalue weighted by molar-refractivity contribution is -0.274. The molecule has 2 heterocycles. The molecule has 1 aromatic heterocycles. The largest absolute Gasteiger partial charge is 0.573 e. The number of aromatic nitrogens is 2. The summed E-state index contributed by atoms with van der Waals surface area (Å²) >= 11 is 0. The van der Waals surface area contributed by atoms with Gasteiger partial charge in [-0.25, -0.2) is 0 Å². The fourth-order valence-corrected chi connectivity index (χ4v) is 3.70. The van der Waals surface area contributed by atoms with E-state index in [2.05, 4.69) is 20.2 Å². The van der Waals surface area contributed by atoms with Crippen molar-refractivity contribution < 1.29 is 32.0 Å². The van der Waals surface area contributed by atoms with Gasteiger partial charge in [0.05, 0.1) is 13.2 Å². The molecular weight excluding hydrogens is 441 g/mol. The van der Waals surface area contributed by atoms with Gasteiger partial charge in [0.2, 0.25) is 11.7 Å². The molecule has 1 N–H and O–H groups in total. The minimum absolute atomic E-state index is 0.122. The maximum atomic E-state index is 12.6. The fourth-order valence-electron chi connectivity index (χ4n) is 3.70. The van der Waals surface area contributed by atoms with Crippen LogP contribution in [0.3, 0.4) is 0 Å². The Labute approximate surface area is 187 Å². The van der Waals surface area contributed by atoms with Crippen molar-refractivity contribution in [3.05, 3.63) is 60.0 Å². The van der Waals surface area contributed by atoms with Crippen molar-refractivity contribution in [1.29, 1.82) is 0 Å². The van der Waals surface area contributed by atoms with Crippen LogP contribution in [0.5, 0.6) is 11.5 Å². The van der Waals surface area contributed by atoms with Crippen LogP contribution >= 0.6 is 0 Å².